The van der Waals surface area contributed by atoms with Gasteiger partial charge in [0.05, 0.1) is 0 Å². The average Bonchev–Trinajstić information content (AvgIpc) is 2.61. The average molecular weight is 351 g/mol. The number of hydrogen-bond donors (Lipinski definition) is 1. The summed E-state index contributed by atoms with van der Waals surface area (Å²) in [6.45, 7) is 8.02. The molecule has 1 saturated heterocycles. The molecule has 1 heterocycles. The van der Waals surface area contributed by atoms with E-state index >= 15 is 0 Å². The molecule has 4 heteroatoms. The number of anilines is 1. The third-order valence-corrected chi connectivity index (χ3v) is 4.84. The summed E-state index contributed by atoms with van der Waals surface area (Å²) >= 11 is 0. The molecule has 26 heavy (non-hydrogen) atoms. The molecular weight excluding hydrogens is 326 g/mol. The standard InChI is InChI=1S/C22H25NO3/c1-14(2)20-24-21(22(3,4)26-25-20)23-19-11-7-10-17-12-15-8-5-6-9-16(15)13-18(17)19/h5-14,20-21,23H,1-4H3. The Morgan fingerprint density at radius 1 is 0.923 bits per heavy atom. The highest BCUT2D eigenvalue weighted by atomic mass is 17.2. The van der Waals surface area contributed by atoms with Crippen LogP contribution in [0.25, 0.3) is 21.5 Å². The van der Waals surface area contributed by atoms with E-state index in [1.807, 2.05) is 27.7 Å². The minimum Gasteiger partial charge on any atom is -0.357 e. The Hall–Kier alpha value is -2.14. The van der Waals surface area contributed by atoms with Crippen LogP contribution in [0.1, 0.15) is 27.7 Å². The zero-order valence-electron chi connectivity index (χ0n) is 15.7. The number of ether oxygens (including phenoxy) is 1. The van der Waals surface area contributed by atoms with Crippen LogP contribution in [0.15, 0.2) is 54.6 Å². The van der Waals surface area contributed by atoms with E-state index in [4.69, 9.17) is 14.5 Å². The van der Waals surface area contributed by atoms with Gasteiger partial charge in [0.25, 0.3) is 0 Å². The van der Waals surface area contributed by atoms with Gasteiger partial charge in [-0.25, -0.2) is 9.78 Å². The highest BCUT2D eigenvalue weighted by Crippen LogP contribution is 2.33. The van der Waals surface area contributed by atoms with E-state index in [1.165, 1.54) is 16.2 Å². The second-order valence-electron chi connectivity index (χ2n) is 7.78. The normalized spacial score (nSPS) is 22.8. The first-order chi connectivity index (χ1) is 12.4. The molecule has 3 aromatic rings. The number of rotatable bonds is 3. The van der Waals surface area contributed by atoms with Gasteiger partial charge in [-0.15, -0.1) is 0 Å². The monoisotopic (exact) mass is 351 g/mol. The Morgan fingerprint density at radius 3 is 2.35 bits per heavy atom. The molecule has 0 amide bonds. The molecule has 1 N–H and O–H groups in total. The van der Waals surface area contributed by atoms with Crippen LogP contribution < -0.4 is 5.32 Å². The van der Waals surface area contributed by atoms with E-state index in [0.717, 1.165) is 11.1 Å². The Kier molecular flexibility index (Phi) is 4.35. The molecule has 4 nitrogen and oxygen atoms in total. The Labute approximate surface area is 154 Å². The van der Waals surface area contributed by atoms with Gasteiger partial charge in [0, 0.05) is 17.0 Å². The van der Waals surface area contributed by atoms with Gasteiger partial charge < -0.3 is 10.1 Å². The van der Waals surface area contributed by atoms with Crippen molar-refractivity contribution in [2.75, 3.05) is 5.32 Å². The molecule has 1 fully saturated rings. The van der Waals surface area contributed by atoms with Gasteiger partial charge >= 0.3 is 0 Å². The number of hydrogen-bond acceptors (Lipinski definition) is 4. The van der Waals surface area contributed by atoms with E-state index in [9.17, 15) is 0 Å². The third-order valence-electron chi connectivity index (χ3n) is 4.84. The van der Waals surface area contributed by atoms with Crippen LogP contribution in [0.5, 0.6) is 0 Å². The minimum atomic E-state index is -0.607. The molecule has 4 rings (SSSR count). The van der Waals surface area contributed by atoms with Crippen molar-refractivity contribution in [3.8, 4) is 0 Å². The van der Waals surface area contributed by atoms with Crippen molar-refractivity contribution in [3.05, 3.63) is 54.6 Å². The molecule has 3 aromatic carbocycles. The van der Waals surface area contributed by atoms with Gasteiger partial charge in [-0.05, 0) is 48.2 Å². The van der Waals surface area contributed by atoms with Gasteiger partial charge in [0.15, 0.2) is 12.5 Å². The Balaban J connectivity index is 1.72. The molecule has 0 bridgehead atoms. The molecule has 0 spiro atoms. The summed E-state index contributed by atoms with van der Waals surface area (Å²) in [5.74, 6) is 0.201. The van der Waals surface area contributed by atoms with Crippen molar-refractivity contribution in [2.24, 2.45) is 5.92 Å². The Morgan fingerprint density at radius 2 is 1.62 bits per heavy atom. The number of benzene rings is 3. The fraction of sp³-hybridized carbons (Fsp3) is 0.364. The molecule has 0 saturated carbocycles. The summed E-state index contributed by atoms with van der Waals surface area (Å²) in [5, 5.41) is 8.35. The van der Waals surface area contributed by atoms with Crippen molar-refractivity contribution in [3.63, 3.8) is 0 Å². The van der Waals surface area contributed by atoms with Crippen LogP contribution >= 0.6 is 0 Å². The van der Waals surface area contributed by atoms with E-state index in [2.05, 4.69) is 59.9 Å². The molecule has 136 valence electrons. The molecule has 0 aliphatic carbocycles. The van der Waals surface area contributed by atoms with Crippen LogP contribution in [-0.2, 0) is 14.5 Å². The second kappa shape index (κ2) is 6.54. The van der Waals surface area contributed by atoms with Crippen LogP contribution in [0.3, 0.4) is 0 Å². The van der Waals surface area contributed by atoms with E-state index < -0.39 is 11.9 Å². The summed E-state index contributed by atoms with van der Waals surface area (Å²) in [6.07, 6.45) is -0.711. The predicted molar refractivity (Wildman–Crippen MR) is 105 cm³/mol. The van der Waals surface area contributed by atoms with Gasteiger partial charge in [-0.2, -0.15) is 0 Å². The maximum atomic E-state index is 6.15. The number of fused-ring (bicyclic) bond motifs is 2. The Bertz CT molecular complexity index is 935. The lowest BCUT2D eigenvalue weighted by atomic mass is 10.0. The van der Waals surface area contributed by atoms with Gasteiger partial charge in [0.2, 0.25) is 0 Å². The first-order valence-corrected chi connectivity index (χ1v) is 9.12. The van der Waals surface area contributed by atoms with Crippen molar-refractivity contribution >= 4 is 27.2 Å². The smallest absolute Gasteiger partial charge is 0.196 e. The van der Waals surface area contributed by atoms with Gasteiger partial charge in [0.1, 0.15) is 5.60 Å². The quantitative estimate of drug-likeness (QED) is 0.502. The van der Waals surface area contributed by atoms with Crippen LogP contribution in [0, 0.1) is 5.92 Å². The third kappa shape index (κ3) is 3.16. The predicted octanol–water partition coefficient (Wildman–Crippen LogP) is 5.47. The van der Waals surface area contributed by atoms with Crippen molar-refractivity contribution in [2.45, 2.75) is 45.8 Å². The molecular formula is C22H25NO3. The summed E-state index contributed by atoms with van der Waals surface area (Å²) in [4.78, 5) is 11.0. The zero-order chi connectivity index (χ0) is 18.3. The molecule has 1 aliphatic rings. The van der Waals surface area contributed by atoms with E-state index in [-0.39, 0.29) is 12.1 Å². The van der Waals surface area contributed by atoms with E-state index in [0.29, 0.717) is 0 Å². The second-order valence-corrected chi connectivity index (χ2v) is 7.78. The first-order valence-electron chi connectivity index (χ1n) is 9.12. The molecule has 0 aromatic heterocycles. The topological polar surface area (TPSA) is 39.7 Å². The van der Waals surface area contributed by atoms with Crippen molar-refractivity contribution in [1.82, 2.24) is 0 Å². The number of nitrogens with one attached hydrogen (secondary N) is 1. The highest BCUT2D eigenvalue weighted by molar-refractivity contribution is 6.03. The lowest BCUT2D eigenvalue weighted by molar-refractivity contribution is -0.485. The largest absolute Gasteiger partial charge is 0.357 e. The summed E-state index contributed by atoms with van der Waals surface area (Å²) in [5.41, 5.74) is 0.420. The lowest BCUT2D eigenvalue weighted by Crippen LogP contribution is -2.54. The van der Waals surface area contributed by atoms with Gasteiger partial charge in [-0.1, -0.05) is 50.2 Å². The fourth-order valence-electron chi connectivity index (χ4n) is 3.25. The molecule has 1 aliphatic heterocycles. The highest BCUT2D eigenvalue weighted by Gasteiger charge is 2.41. The van der Waals surface area contributed by atoms with Crippen molar-refractivity contribution < 1.29 is 14.5 Å². The minimum absolute atomic E-state index is 0.201. The lowest BCUT2D eigenvalue weighted by Gasteiger charge is -2.42. The fourth-order valence-corrected chi connectivity index (χ4v) is 3.25. The van der Waals surface area contributed by atoms with Crippen LogP contribution in [0.2, 0.25) is 0 Å². The molecule has 2 unspecified atom stereocenters. The van der Waals surface area contributed by atoms with Crippen LogP contribution in [0.4, 0.5) is 5.69 Å². The first kappa shape index (κ1) is 17.3. The SMILES string of the molecule is CC(C)C1OOC(C)(C)C(Nc2cccc3cc4ccccc4cc23)O1. The van der Waals surface area contributed by atoms with Crippen LogP contribution in [-0.4, -0.2) is 18.1 Å². The van der Waals surface area contributed by atoms with Gasteiger partial charge in [-0.3, -0.25) is 0 Å². The van der Waals surface area contributed by atoms with Crippen molar-refractivity contribution in [1.29, 1.82) is 0 Å². The summed E-state index contributed by atoms with van der Waals surface area (Å²) in [6, 6.07) is 19.1. The maximum Gasteiger partial charge on any atom is 0.196 e. The summed E-state index contributed by atoms with van der Waals surface area (Å²) < 4.78 is 6.15. The zero-order valence-corrected chi connectivity index (χ0v) is 15.7. The summed E-state index contributed by atoms with van der Waals surface area (Å²) in [7, 11) is 0. The maximum absolute atomic E-state index is 6.15. The molecule has 2 atom stereocenters. The van der Waals surface area contributed by atoms with E-state index in [1.54, 1.807) is 0 Å². The molecule has 0 radical (unpaired) electrons.